The zero-order valence-electron chi connectivity index (χ0n) is 17.1. The highest BCUT2D eigenvalue weighted by atomic mass is 32.1. The van der Waals surface area contributed by atoms with Crippen molar-refractivity contribution in [2.75, 3.05) is 0 Å². The summed E-state index contributed by atoms with van der Waals surface area (Å²) >= 11 is 5.36. The average molecular weight is 375 g/mol. The maximum Gasteiger partial charge on any atom is 0.257 e. The minimum Gasteiger partial charge on any atom is -0.360 e. The number of nitrogens with one attached hydrogen (secondary N) is 2. The van der Waals surface area contributed by atoms with E-state index in [1.807, 2.05) is 24.3 Å². The van der Waals surface area contributed by atoms with E-state index in [1.165, 1.54) is 18.4 Å². The second-order valence-electron chi connectivity index (χ2n) is 9.67. The Kier molecular flexibility index (Phi) is 6.49. The molecule has 4 heteroatoms. The van der Waals surface area contributed by atoms with Crippen molar-refractivity contribution in [3.63, 3.8) is 0 Å². The molecule has 0 spiro atoms. The molecular weight excluding hydrogens is 340 g/mol. The zero-order chi connectivity index (χ0) is 19.5. The maximum absolute atomic E-state index is 12.4. The van der Waals surface area contributed by atoms with Crippen molar-refractivity contribution in [2.24, 2.45) is 11.3 Å². The molecule has 0 radical (unpaired) electrons. The molecule has 26 heavy (non-hydrogen) atoms. The predicted molar refractivity (Wildman–Crippen MR) is 114 cm³/mol. The maximum atomic E-state index is 12.4. The monoisotopic (exact) mass is 374 g/mol. The van der Waals surface area contributed by atoms with Crippen LogP contribution < -0.4 is 10.6 Å². The molecule has 2 rings (SSSR count). The van der Waals surface area contributed by atoms with E-state index in [1.54, 1.807) is 0 Å². The number of rotatable bonds is 2. The van der Waals surface area contributed by atoms with E-state index >= 15 is 0 Å². The lowest BCUT2D eigenvalue weighted by Gasteiger charge is -2.37. The Morgan fingerprint density at radius 1 is 0.962 bits per heavy atom. The normalized spacial score (nSPS) is 21.2. The molecule has 1 aliphatic rings. The summed E-state index contributed by atoms with van der Waals surface area (Å²) in [6.07, 6.45) is 4.65. The van der Waals surface area contributed by atoms with Crippen LogP contribution in [0.5, 0.6) is 0 Å². The SMILES string of the molecule is CC(C)(C)c1ccc(C(=O)NC(=S)NC2CCC(C(C)(C)C)CC2)cc1. The summed E-state index contributed by atoms with van der Waals surface area (Å²) in [7, 11) is 0. The summed E-state index contributed by atoms with van der Waals surface area (Å²) in [5.74, 6) is 0.622. The first-order valence-electron chi connectivity index (χ1n) is 9.69. The first kappa shape index (κ1) is 20.9. The third kappa shape index (κ3) is 5.80. The van der Waals surface area contributed by atoms with Gasteiger partial charge in [-0.15, -0.1) is 0 Å². The lowest BCUT2D eigenvalue weighted by molar-refractivity contribution is 0.0976. The molecule has 1 saturated carbocycles. The Morgan fingerprint density at radius 2 is 1.50 bits per heavy atom. The van der Waals surface area contributed by atoms with Crippen LogP contribution >= 0.6 is 12.2 Å². The van der Waals surface area contributed by atoms with Crippen molar-refractivity contribution in [3.8, 4) is 0 Å². The van der Waals surface area contributed by atoms with Crippen molar-refractivity contribution in [3.05, 3.63) is 35.4 Å². The van der Waals surface area contributed by atoms with Gasteiger partial charge in [0.05, 0.1) is 0 Å². The van der Waals surface area contributed by atoms with Gasteiger partial charge in [0.1, 0.15) is 0 Å². The quantitative estimate of drug-likeness (QED) is 0.700. The van der Waals surface area contributed by atoms with Gasteiger partial charge in [-0.05, 0) is 72.3 Å². The van der Waals surface area contributed by atoms with E-state index in [0.717, 1.165) is 18.8 Å². The van der Waals surface area contributed by atoms with Gasteiger partial charge in [0.25, 0.3) is 5.91 Å². The lowest BCUT2D eigenvalue weighted by atomic mass is 9.71. The molecule has 0 atom stereocenters. The van der Waals surface area contributed by atoms with Crippen LogP contribution in [0.1, 0.15) is 83.1 Å². The van der Waals surface area contributed by atoms with Gasteiger partial charge in [0.15, 0.2) is 5.11 Å². The summed E-state index contributed by atoms with van der Waals surface area (Å²) < 4.78 is 0. The number of carbonyl (C=O) groups is 1. The highest BCUT2D eigenvalue weighted by Gasteiger charge is 2.29. The van der Waals surface area contributed by atoms with Crippen LogP contribution in [-0.4, -0.2) is 17.1 Å². The molecule has 2 N–H and O–H groups in total. The third-order valence-corrected chi connectivity index (χ3v) is 5.75. The largest absolute Gasteiger partial charge is 0.360 e. The molecule has 0 unspecified atom stereocenters. The molecule has 1 fully saturated rings. The van der Waals surface area contributed by atoms with Gasteiger partial charge in [0.2, 0.25) is 0 Å². The Hall–Kier alpha value is -1.42. The molecule has 1 aromatic rings. The second-order valence-corrected chi connectivity index (χ2v) is 10.1. The molecule has 0 bridgehead atoms. The Labute approximate surface area is 164 Å². The number of hydrogen-bond donors (Lipinski definition) is 2. The van der Waals surface area contributed by atoms with E-state index in [0.29, 0.717) is 22.1 Å². The first-order valence-corrected chi connectivity index (χ1v) is 10.1. The van der Waals surface area contributed by atoms with Gasteiger partial charge in [-0.25, -0.2) is 0 Å². The zero-order valence-corrected chi connectivity index (χ0v) is 17.9. The van der Waals surface area contributed by atoms with E-state index in [9.17, 15) is 4.79 Å². The predicted octanol–water partition coefficient (Wildman–Crippen LogP) is 5.19. The third-order valence-electron chi connectivity index (χ3n) is 5.53. The summed E-state index contributed by atoms with van der Waals surface area (Å²) in [4.78, 5) is 12.4. The molecule has 1 amide bonds. The van der Waals surface area contributed by atoms with E-state index in [2.05, 4.69) is 52.2 Å². The van der Waals surface area contributed by atoms with Crippen LogP contribution in [-0.2, 0) is 5.41 Å². The number of hydrogen-bond acceptors (Lipinski definition) is 2. The number of carbonyl (C=O) groups excluding carboxylic acids is 1. The fourth-order valence-electron chi connectivity index (χ4n) is 3.62. The molecule has 0 aromatic heterocycles. The summed E-state index contributed by atoms with van der Waals surface area (Å²) in [5, 5.41) is 6.59. The lowest BCUT2D eigenvalue weighted by Crippen LogP contribution is -2.46. The van der Waals surface area contributed by atoms with Gasteiger partial charge in [0, 0.05) is 11.6 Å². The fraction of sp³-hybridized carbons (Fsp3) is 0.636. The van der Waals surface area contributed by atoms with Crippen LogP contribution in [0.25, 0.3) is 0 Å². The van der Waals surface area contributed by atoms with Crippen molar-refractivity contribution in [1.82, 2.24) is 10.6 Å². The average Bonchev–Trinajstić information content (AvgIpc) is 2.53. The van der Waals surface area contributed by atoms with Crippen LogP contribution in [0.3, 0.4) is 0 Å². The fourth-order valence-corrected chi connectivity index (χ4v) is 3.88. The van der Waals surface area contributed by atoms with Crippen LogP contribution in [0.4, 0.5) is 0 Å². The van der Waals surface area contributed by atoms with Crippen LogP contribution in [0.15, 0.2) is 24.3 Å². The first-order chi connectivity index (χ1) is 12.0. The molecular formula is C22H34N2OS. The molecule has 0 heterocycles. The van der Waals surface area contributed by atoms with Crippen molar-refractivity contribution >= 4 is 23.2 Å². The molecule has 1 aliphatic carbocycles. The van der Waals surface area contributed by atoms with Crippen molar-refractivity contribution in [2.45, 2.75) is 78.7 Å². The molecule has 3 nitrogen and oxygen atoms in total. The summed E-state index contributed by atoms with van der Waals surface area (Å²) in [6.45, 7) is 13.4. The van der Waals surface area contributed by atoms with Crippen molar-refractivity contribution in [1.29, 1.82) is 0 Å². The Bertz CT molecular complexity index is 630. The molecule has 144 valence electrons. The standard InChI is InChI=1S/C22H34N2OS/c1-21(2,3)16-9-7-15(8-10-16)19(25)24-20(26)23-18-13-11-17(12-14-18)22(4,5)6/h7-10,17-18H,11-14H2,1-6H3,(H2,23,24,25,26). The van der Waals surface area contributed by atoms with Crippen molar-refractivity contribution < 1.29 is 4.79 Å². The minimum atomic E-state index is -0.147. The van der Waals surface area contributed by atoms with Crippen LogP contribution in [0.2, 0.25) is 0 Å². The summed E-state index contributed by atoms with van der Waals surface area (Å²) in [6, 6.07) is 8.13. The van der Waals surface area contributed by atoms with Crippen LogP contribution in [0, 0.1) is 11.3 Å². The van der Waals surface area contributed by atoms with Gasteiger partial charge in [-0.3, -0.25) is 10.1 Å². The minimum absolute atomic E-state index is 0.0811. The number of amides is 1. The topological polar surface area (TPSA) is 41.1 Å². The molecule has 0 saturated heterocycles. The second kappa shape index (κ2) is 8.08. The molecule has 1 aromatic carbocycles. The van der Waals surface area contributed by atoms with Gasteiger partial charge in [-0.2, -0.15) is 0 Å². The van der Waals surface area contributed by atoms with E-state index in [4.69, 9.17) is 12.2 Å². The smallest absolute Gasteiger partial charge is 0.257 e. The van der Waals surface area contributed by atoms with E-state index in [-0.39, 0.29) is 11.3 Å². The van der Waals surface area contributed by atoms with Gasteiger partial charge in [-0.1, -0.05) is 53.7 Å². The number of thiocarbonyl (C=S) groups is 1. The Balaban J connectivity index is 1.84. The van der Waals surface area contributed by atoms with E-state index < -0.39 is 0 Å². The Morgan fingerprint density at radius 3 is 1.96 bits per heavy atom. The van der Waals surface area contributed by atoms with Gasteiger partial charge < -0.3 is 5.32 Å². The summed E-state index contributed by atoms with van der Waals surface area (Å²) in [5.41, 5.74) is 2.31. The van der Waals surface area contributed by atoms with Gasteiger partial charge >= 0.3 is 0 Å². The molecule has 0 aliphatic heterocycles. The number of benzene rings is 1. The highest BCUT2D eigenvalue weighted by Crippen LogP contribution is 2.37. The highest BCUT2D eigenvalue weighted by molar-refractivity contribution is 7.80.